The lowest BCUT2D eigenvalue weighted by Gasteiger charge is -2.43. The lowest BCUT2D eigenvalue weighted by Crippen LogP contribution is -2.54. The fourth-order valence-electron chi connectivity index (χ4n) is 2.82. The number of rotatable bonds is 1. The topological polar surface area (TPSA) is 49.8 Å². The largest absolute Gasteiger partial charge is 0.505 e. The van der Waals surface area contributed by atoms with Crippen LogP contribution in [0.5, 0.6) is 5.75 Å². The quantitative estimate of drug-likeness (QED) is 0.861. The molecule has 2 aliphatic heterocycles. The highest BCUT2D eigenvalue weighted by Crippen LogP contribution is 2.32. The SMILES string of the molecule is O=C(c1c(F)ccc(O)c1F)N1CCS[C@@H]2COCC[C@@H]21. The summed E-state index contributed by atoms with van der Waals surface area (Å²) in [5.41, 5.74) is -0.674. The van der Waals surface area contributed by atoms with Crippen molar-refractivity contribution in [3.63, 3.8) is 0 Å². The van der Waals surface area contributed by atoms with Gasteiger partial charge in [0.1, 0.15) is 11.4 Å². The lowest BCUT2D eigenvalue weighted by atomic mass is 10.0. The highest BCUT2D eigenvalue weighted by Gasteiger charge is 2.38. The number of benzene rings is 1. The van der Waals surface area contributed by atoms with E-state index < -0.39 is 28.9 Å². The minimum absolute atomic E-state index is 0.0776. The molecule has 0 aromatic heterocycles. The van der Waals surface area contributed by atoms with E-state index in [-0.39, 0.29) is 11.3 Å². The summed E-state index contributed by atoms with van der Waals surface area (Å²) in [4.78, 5) is 14.1. The maximum Gasteiger partial charge on any atom is 0.260 e. The molecule has 1 N–H and O–H groups in total. The van der Waals surface area contributed by atoms with Gasteiger partial charge >= 0.3 is 0 Å². The van der Waals surface area contributed by atoms with Crippen LogP contribution in [-0.4, -0.2) is 52.7 Å². The van der Waals surface area contributed by atoms with Crippen molar-refractivity contribution < 1.29 is 23.4 Å². The molecule has 0 bridgehead atoms. The smallest absolute Gasteiger partial charge is 0.260 e. The van der Waals surface area contributed by atoms with Gasteiger partial charge in [0, 0.05) is 30.2 Å². The Bertz CT molecular complexity index is 567. The van der Waals surface area contributed by atoms with Crippen molar-refractivity contribution in [2.75, 3.05) is 25.5 Å². The van der Waals surface area contributed by atoms with E-state index in [4.69, 9.17) is 4.74 Å². The average Bonchev–Trinajstić information content (AvgIpc) is 2.50. The van der Waals surface area contributed by atoms with Gasteiger partial charge in [-0.25, -0.2) is 8.78 Å². The number of carbonyl (C=O) groups excluding carboxylic acids is 1. The minimum atomic E-state index is -1.19. The number of hydrogen-bond acceptors (Lipinski definition) is 4. The summed E-state index contributed by atoms with van der Waals surface area (Å²) < 4.78 is 33.1. The van der Waals surface area contributed by atoms with E-state index in [1.165, 1.54) is 4.90 Å². The van der Waals surface area contributed by atoms with Crippen LogP contribution in [-0.2, 0) is 4.74 Å². The molecule has 4 nitrogen and oxygen atoms in total. The normalized spacial score (nSPS) is 25.5. The van der Waals surface area contributed by atoms with Gasteiger partial charge in [0.15, 0.2) is 11.6 Å². The molecule has 2 atom stereocenters. The van der Waals surface area contributed by atoms with E-state index in [1.807, 2.05) is 0 Å². The van der Waals surface area contributed by atoms with Crippen molar-refractivity contribution in [3.05, 3.63) is 29.3 Å². The van der Waals surface area contributed by atoms with Crippen LogP contribution in [0.15, 0.2) is 12.1 Å². The molecule has 0 saturated carbocycles. The van der Waals surface area contributed by atoms with Crippen molar-refractivity contribution in [1.29, 1.82) is 0 Å². The Morgan fingerprint density at radius 2 is 2.24 bits per heavy atom. The van der Waals surface area contributed by atoms with Crippen LogP contribution >= 0.6 is 11.8 Å². The predicted molar refractivity (Wildman–Crippen MR) is 74.5 cm³/mol. The van der Waals surface area contributed by atoms with E-state index in [1.54, 1.807) is 11.8 Å². The highest BCUT2D eigenvalue weighted by atomic mass is 32.2. The average molecular weight is 315 g/mol. The van der Waals surface area contributed by atoms with Gasteiger partial charge in [0.05, 0.1) is 6.61 Å². The fourth-order valence-corrected chi connectivity index (χ4v) is 4.12. The van der Waals surface area contributed by atoms with E-state index in [0.29, 0.717) is 31.9 Å². The maximum atomic E-state index is 13.9. The highest BCUT2D eigenvalue weighted by molar-refractivity contribution is 8.00. The van der Waals surface area contributed by atoms with Crippen LogP contribution in [0.4, 0.5) is 8.78 Å². The van der Waals surface area contributed by atoms with E-state index in [9.17, 15) is 18.7 Å². The molecule has 2 heterocycles. The Morgan fingerprint density at radius 1 is 1.43 bits per heavy atom. The number of carbonyl (C=O) groups is 1. The molecular formula is C14H15F2NO3S. The fraction of sp³-hybridized carbons (Fsp3) is 0.500. The van der Waals surface area contributed by atoms with Crippen LogP contribution in [0.3, 0.4) is 0 Å². The first-order valence-electron chi connectivity index (χ1n) is 6.77. The Kier molecular flexibility index (Phi) is 4.03. The number of phenols is 1. The molecule has 2 aliphatic rings. The third kappa shape index (κ3) is 2.60. The number of hydrogen-bond donors (Lipinski definition) is 1. The van der Waals surface area contributed by atoms with Crippen LogP contribution in [0.1, 0.15) is 16.8 Å². The summed E-state index contributed by atoms with van der Waals surface area (Å²) in [6.45, 7) is 1.53. The molecule has 0 spiro atoms. The second-order valence-electron chi connectivity index (χ2n) is 5.09. The molecule has 3 rings (SSSR count). The zero-order valence-corrected chi connectivity index (χ0v) is 12.0. The summed E-state index contributed by atoms with van der Waals surface area (Å²) in [7, 11) is 0. The molecular weight excluding hydrogens is 300 g/mol. The second kappa shape index (κ2) is 5.81. The summed E-state index contributed by atoms with van der Waals surface area (Å²) in [6.07, 6.45) is 0.658. The van der Waals surface area contributed by atoms with Gasteiger partial charge in [0.25, 0.3) is 5.91 Å². The summed E-state index contributed by atoms with van der Waals surface area (Å²) in [6, 6.07) is 1.74. The Morgan fingerprint density at radius 3 is 3.05 bits per heavy atom. The van der Waals surface area contributed by atoms with Crippen LogP contribution < -0.4 is 0 Å². The van der Waals surface area contributed by atoms with E-state index in [0.717, 1.165) is 12.1 Å². The Hall–Kier alpha value is -1.34. The Labute approximate surface area is 125 Å². The van der Waals surface area contributed by atoms with Crippen LogP contribution in [0, 0.1) is 11.6 Å². The third-order valence-electron chi connectivity index (χ3n) is 3.88. The van der Waals surface area contributed by atoms with Crippen molar-refractivity contribution in [2.45, 2.75) is 17.7 Å². The number of thioether (sulfide) groups is 1. The van der Waals surface area contributed by atoms with Gasteiger partial charge in [-0.1, -0.05) is 0 Å². The number of nitrogens with zero attached hydrogens (tertiary/aromatic N) is 1. The number of ether oxygens (including phenoxy) is 1. The van der Waals surface area contributed by atoms with Crippen LogP contribution in [0.2, 0.25) is 0 Å². The van der Waals surface area contributed by atoms with Gasteiger partial charge in [-0.2, -0.15) is 11.8 Å². The zero-order chi connectivity index (χ0) is 15.0. The molecule has 0 radical (unpaired) electrons. The van der Waals surface area contributed by atoms with Gasteiger partial charge in [0.2, 0.25) is 0 Å². The Balaban J connectivity index is 1.92. The predicted octanol–water partition coefficient (Wildman–Crippen LogP) is 2.02. The first-order chi connectivity index (χ1) is 10.1. The summed E-state index contributed by atoms with van der Waals surface area (Å²) >= 11 is 1.72. The minimum Gasteiger partial charge on any atom is -0.505 e. The molecule has 114 valence electrons. The molecule has 0 aliphatic carbocycles. The monoisotopic (exact) mass is 315 g/mol. The van der Waals surface area contributed by atoms with Gasteiger partial charge < -0.3 is 14.7 Å². The number of amides is 1. The van der Waals surface area contributed by atoms with Gasteiger partial charge in [-0.3, -0.25) is 4.79 Å². The first-order valence-corrected chi connectivity index (χ1v) is 7.81. The van der Waals surface area contributed by atoms with Crippen molar-refractivity contribution >= 4 is 17.7 Å². The first kappa shape index (κ1) is 14.6. The molecule has 2 saturated heterocycles. The van der Waals surface area contributed by atoms with Crippen molar-refractivity contribution in [1.82, 2.24) is 4.90 Å². The molecule has 7 heteroatoms. The molecule has 2 fully saturated rings. The van der Waals surface area contributed by atoms with E-state index >= 15 is 0 Å². The lowest BCUT2D eigenvalue weighted by molar-refractivity contribution is 0.0313. The van der Waals surface area contributed by atoms with Crippen molar-refractivity contribution in [2.24, 2.45) is 0 Å². The number of phenolic OH excluding ortho intramolecular Hbond substituents is 1. The molecule has 21 heavy (non-hydrogen) atoms. The van der Waals surface area contributed by atoms with Crippen LogP contribution in [0.25, 0.3) is 0 Å². The summed E-state index contributed by atoms with van der Waals surface area (Å²) in [5.74, 6) is -2.84. The third-order valence-corrected chi connectivity index (χ3v) is 5.18. The number of fused-ring (bicyclic) bond motifs is 1. The van der Waals surface area contributed by atoms with E-state index in [2.05, 4.69) is 0 Å². The molecule has 1 aromatic carbocycles. The zero-order valence-electron chi connectivity index (χ0n) is 11.2. The molecule has 0 unspecified atom stereocenters. The number of aromatic hydroxyl groups is 1. The number of halogens is 2. The molecule has 1 amide bonds. The van der Waals surface area contributed by atoms with Gasteiger partial charge in [-0.05, 0) is 18.6 Å². The molecule has 1 aromatic rings. The van der Waals surface area contributed by atoms with Gasteiger partial charge in [-0.15, -0.1) is 0 Å². The summed E-state index contributed by atoms with van der Waals surface area (Å²) in [5, 5.41) is 9.51. The maximum absolute atomic E-state index is 13.9. The standard InChI is InChI=1S/C14H15F2NO3S/c15-8-1-2-10(18)13(16)12(8)14(19)17-4-6-21-11-7-20-5-3-9(11)17/h1-2,9,11,18H,3-7H2/t9-,11+/m0/s1. The van der Waals surface area contributed by atoms with Crippen molar-refractivity contribution in [3.8, 4) is 5.75 Å². The second-order valence-corrected chi connectivity index (χ2v) is 6.44.